The van der Waals surface area contributed by atoms with Crippen molar-refractivity contribution in [3.63, 3.8) is 0 Å². The van der Waals surface area contributed by atoms with Crippen molar-refractivity contribution in [3.05, 3.63) is 51.3 Å². The van der Waals surface area contributed by atoms with Crippen LogP contribution in [0.1, 0.15) is 24.2 Å². The molecule has 27 heavy (non-hydrogen) atoms. The average molecular weight is 428 g/mol. The molecule has 2 aromatic rings. The predicted molar refractivity (Wildman–Crippen MR) is 106 cm³/mol. The summed E-state index contributed by atoms with van der Waals surface area (Å²) < 4.78 is 5.28. The van der Waals surface area contributed by atoms with Crippen molar-refractivity contribution in [2.24, 2.45) is 0 Å². The number of carbonyl (C=O) groups is 3. The smallest absolute Gasteiger partial charge is 0.342 e. The Balaban J connectivity index is 2.48. The van der Waals surface area contributed by atoms with Crippen LogP contribution in [0.2, 0.25) is 10.0 Å². The van der Waals surface area contributed by atoms with Gasteiger partial charge in [-0.2, -0.15) is 0 Å². The van der Waals surface area contributed by atoms with Gasteiger partial charge in [-0.05, 0) is 26.0 Å². The third kappa shape index (κ3) is 5.56. The Bertz CT molecular complexity index is 920. The third-order valence-electron chi connectivity index (χ3n) is 3.17. The minimum atomic E-state index is -1.26. The number of nitrogens with one attached hydrogen (secondary N) is 1. The normalized spacial score (nSPS) is 11.0. The maximum atomic E-state index is 12.6. The number of halogens is 2. The van der Waals surface area contributed by atoms with Crippen LogP contribution in [0.15, 0.2) is 35.7 Å². The van der Waals surface area contributed by atoms with Gasteiger partial charge in [0.05, 0.1) is 6.10 Å². The molecule has 6 nitrogen and oxygen atoms in total. The summed E-state index contributed by atoms with van der Waals surface area (Å²) in [7, 11) is 0. The topological polar surface area (TPSA) is 92.7 Å². The number of hydrogen-bond donors (Lipinski definition) is 2. The van der Waals surface area contributed by atoms with Crippen molar-refractivity contribution in [2.75, 3.05) is 5.32 Å². The Morgan fingerprint density at radius 1 is 1.19 bits per heavy atom. The van der Waals surface area contributed by atoms with Gasteiger partial charge in [0.15, 0.2) is 0 Å². The summed E-state index contributed by atoms with van der Waals surface area (Å²) in [5.41, 5.74) is 1.16. The molecular formula is C18H15Cl2NO5S. The first-order valence-corrected chi connectivity index (χ1v) is 9.32. The van der Waals surface area contributed by atoms with E-state index in [9.17, 15) is 14.4 Å². The molecule has 0 bridgehead atoms. The first kappa shape index (κ1) is 21.0. The average Bonchev–Trinajstić information content (AvgIpc) is 2.95. The van der Waals surface area contributed by atoms with Crippen LogP contribution in [-0.2, 0) is 14.3 Å². The zero-order valence-electron chi connectivity index (χ0n) is 14.3. The van der Waals surface area contributed by atoms with E-state index < -0.39 is 17.8 Å². The number of aliphatic carboxylic acids is 1. The number of hydrogen-bond acceptors (Lipinski definition) is 5. The van der Waals surface area contributed by atoms with E-state index >= 15 is 0 Å². The number of ether oxygens (including phenoxy) is 1. The predicted octanol–water partition coefficient (Wildman–Crippen LogP) is 4.87. The fourth-order valence-corrected chi connectivity index (χ4v) is 3.59. The first-order valence-electron chi connectivity index (χ1n) is 7.69. The number of carboxylic acids is 1. The van der Waals surface area contributed by atoms with Crippen LogP contribution in [0.25, 0.3) is 11.1 Å². The zero-order valence-corrected chi connectivity index (χ0v) is 16.6. The monoisotopic (exact) mass is 427 g/mol. The van der Waals surface area contributed by atoms with Gasteiger partial charge in [0.1, 0.15) is 10.6 Å². The second kappa shape index (κ2) is 9.03. The van der Waals surface area contributed by atoms with Crippen LogP contribution < -0.4 is 5.32 Å². The molecule has 9 heteroatoms. The van der Waals surface area contributed by atoms with Gasteiger partial charge < -0.3 is 15.2 Å². The van der Waals surface area contributed by atoms with Crippen molar-refractivity contribution in [3.8, 4) is 11.1 Å². The molecule has 1 aromatic heterocycles. The molecule has 1 aromatic carbocycles. The molecule has 2 N–H and O–H groups in total. The highest BCUT2D eigenvalue weighted by atomic mass is 35.5. The summed E-state index contributed by atoms with van der Waals surface area (Å²) in [5, 5.41) is 13.8. The van der Waals surface area contributed by atoms with Crippen LogP contribution >= 0.6 is 34.5 Å². The van der Waals surface area contributed by atoms with Crippen LogP contribution in [0.4, 0.5) is 5.00 Å². The summed E-state index contributed by atoms with van der Waals surface area (Å²) in [6.45, 7) is 3.40. The molecule has 0 aliphatic carbocycles. The number of esters is 1. The van der Waals surface area contributed by atoms with E-state index in [2.05, 4.69) is 5.32 Å². The van der Waals surface area contributed by atoms with Gasteiger partial charge in [-0.15, -0.1) is 11.3 Å². The molecule has 1 amide bonds. The van der Waals surface area contributed by atoms with Crippen molar-refractivity contribution >= 4 is 57.4 Å². The van der Waals surface area contributed by atoms with E-state index in [1.54, 1.807) is 37.4 Å². The van der Waals surface area contributed by atoms with Crippen molar-refractivity contribution in [1.82, 2.24) is 0 Å². The van der Waals surface area contributed by atoms with Gasteiger partial charge in [-0.1, -0.05) is 29.3 Å². The summed E-state index contributed by atoms with van der Waals surface area (Å²) >= 11 is 13.3. The Labute approximate surface area is 169 Å². The minimum Gasteiger partial charge on any atom is -0.478 e. The van der Waals surface area contributed by atoms with Crippen LogP contribution in [0.5, 0.6) is 0 Å². The highest BCUT2D eigenvalue weighted by molar-refractivity contribution is 7.15. The van der Waals surface area contributed by atoms with Crippen molar-refractivity contribution in [2.45, 2.75) is 20.0 Å². The van der Waals surface area contributed by atoms with Gasteiger partial charge in [-0.3, -0.25) is 4.79 Å². The number of anilines is 1. The molecule has 0 saturated carbocycles. The summed E-state index contributed by atoms with van der Waals surface area (Å²) in [4.78, 5) is 35.1. The number of benzene rings is 1. The second-order valence-electron chi connectivity index (χ2n) is 5.59. The molecule has 0 spiro atoms. The number of thiophene rings is 1. The van der Waals surface area contributed by atoms with Gasteiger partial charge in [0.25, 0.3) is 0 Å². The first-order chi connectivity index (χ1) is 12.7. The Morgan fingerprint density at radius 2 is 1.89 bits per heavy atom. The van der Waals surface area contributed by atoms with Gasteiger partial charge in [0, 0.05) is 38.7 Å². The molecule has 0 aliphatic rings. The van der Waals surface area contributed by atoms with Crippen molar-refractivity contribution < 1.29 is 24.2 Å². The van der Waals surface area contributed by atoms with Crippen molar-refractivity contribution in [1.29, 1.82) is 0 Å². The maximum absolute atomic E-state index is 12.6. The number of amides is 1. The standard InChI is InChI=1S/C18H15Cl2NO5S/c1-9(2)26-18(25)16-12(11-4-3-10(19)7-13(11)20)8-27-17(16)21-14(22)5-6-15(23)24/h3-9H,1-2H3,(H,21,22)(H,23,24)/b6-5-. The highest BCUT2D eigenvalue weighted by Crippen LogP contribution is 2.40. The van der Waals surface area contributed by atoms with Crippen LogP contribution in [0, 0.1) is 0 Å². The molecule has 0 aliphatic heterocycles. The van der Waals surface area contributed by atoms with Gasteiger partial charge in [0.2, 0.25) is 5.91 Å². The largest absolute Gasteiger partial charge is 0.478 e. The molecular weight excluding hydrogens is 413 g/mol. The van der Waals surface area contributed by atoms with Gasteiger partial charge >= 0.3 is 11.9 Å². The zero-order chi connectivity index (χ0) is 20.1. The Morgan fingerprint density at radius 3 is 2.48 bits per heavy atom. The maximum Gasteiger partial charge on any atom is 0.342 e. The lowest BCUT2D eigenvalue weighted by molar-refractivity contribution is -0.131. The lowest BCUT2D eigenvalue weighted by atomic mass is 10.0. The van der Waals surface area contributed by atoms with E-state index in [0.717, 1.165) is 17.4 Å². The number of carboxylic acid groups (broad SMARTS) is 1. The summed E-state index contributed by atoms with van der Waals surface area (Å²) in [6, 6.07) is 4.84. The van der Waals surface area contributed by atoms with E-state index in [-0.39, 0.29) is 16.7 Å². The highest BCUT2D eigenvalue weighted by Gasteiger charge is 2.24. The van der Waals surface area contributed by atoms with Gasteiger partial charge in [-0.25, -0.2) is 9.59 Å². The molecule has 2 rings (SSSR count). The molecule has 1 heterocycles. The fraction of sp³-hybridized carbons (Fsp3) is 0.167. The van der Waals surface area contributed by atoms with Crippen LogP contribution in [-0.4, -0.2) is 29.1 Å². The van der Waals surface area contributed by atoms with E-state index in [1.807, 2.05) is 0 Å². The molecule has 0 radical (unpaired) electrons. The Kier molecular flexibility index (Phi) is 7.01. The number of rotatable bonds is 6. The van der Waals surface area contributed by atoms with Crippen LogP contribution in [0.3, 0.4) is 0 Å². The third-order valence-corrected chi connectivity index (χ3v) is 4.62. The summed E-state index contributed by atoms with van der Waals surface area (Å²) in [5.74, 6) is -2.58. The molecule has 142 valence electrons. The Hall–Kier alpha value is -2.35. The SMILES string of the molecule is CC(C)OC(=O)c1c(-c2ccc(Cl)cc2Cl)csc1NC(=O)/C=C\C(=O)O. The van der Waals surface area contributed by atoms with E-state index in [4.69, 9.17) is 33.0 Å². The second-order valence-corrected chi connectivity index (χ2v) is 7.32. The number of carbonyl (C=O) groups excluding carboxylic acids is 2. The summed E-state index contributed by atoms with van der Waals surface area (Å²) in [6.07, 6.45) is 1.18. The van der Waals surface area contributed by atoms with E-state index in [1.165, 1.54) is 0 Å². The minimum absolute atomic E-state index is 0.134. The molecule has 0 unspecified atom stereocenters. The fourth-order valence-electron chi connectivity index (χ4n) is 2.13. The van der Waals surface area contributed by atoms with E-state index in [0.29, 0.717) is 27.2 Å². The molecule has 0 saturated heterocycles. The quantitative estimate of drug-likeness (QED) is 0.506. The molecule has 0 atom stereocenters. The lowest BCUT2D eigenvalue weighted by Gasteiger charge is -2.12. The lowest BCUT2D eigenvalue weighted by Crippen LogP contribution is -2.15. The molecule has 0 fully saturated rings.